The fourth-order valence-corrected chi connectivity index (χ4v) is 3.04. The number of halogens is 1. The molecular formula is C15H16BrNS. The molecule has 0 amide bonds. The molecule has 3 heteroatoms. The normalized spacial score (nSPS) is 10.6. The second kappa shape index (κ2) is 6.98. The Balaban J connectivity index is 2.02. The lowest BCUT2D eigenvalue weighted by atomic mass is 10.2. The van der Waals surface area contributed by atoms with Crippen LogP contribution in [0.5, 0.6) is 0 Å². The van der Waals surface area contributed by atoms with E-state index < -0.39 is 0 Å². The van der Waals surface area contributed by atoms with Crippen LogP contribution in [0.1, 0.15) is 12.5 Å². The zero-order valence-corrected chi connectivity index (χ0v) is 12.7. The van der Waals surface area contributed by atoms with Gasteiger partial charge in [-0.2, -0.15) is 0 Å². The molecule has 0 saturated carbocycles. The van der Waals surface area contributed by atoms with Gasteiger partial charge in [-0.3, -0.25) is 0 Å². The molecule has 94 valence electrons. The van der Waals surface area contributed by atoms with Crippen molar-refractivity contribution in [3.8, 4) is 0 Å². The summed E-state index contributed by atoms with van der Waals surface area (Å²) in [5.74, 6) is 0. The molecule has 0 bridgehead atoms. The van der Waals surface area contributed by atoms with Crippen LogP contribution in [-0.4, -0.2) is 6.54 Å². The van der Waals surface area contributed by atoms with E-state index in [-0.39, 0.29) is 0 Å². The van der Waals surface area contributed by atoms with Crippen molar-refractivity contribution in [2.24, 2.45) is 0 Å². The van der Waals surface area contributed by atoms with Crippen LogP contribution in [0.15, 0.2) is 62.8 Å². The van der Waals surface area contributed by atoms with Crippen molar-refractivity contribution in [2.75, 3.05) is 6.54 Å². The van der Waals surface area contributed by atoms with Gasteiger partial charge in [0.1, 0.15) is 0 Å². The van der Waals surface area contributed by atoms with Crippen LogP contribution in [0.4, 0.5) is 0 Å². The molecule has 0 aliphatic carbocycles. The summed E-state index contributed by atoms with van der Waals surface area (Å²) >= 11 is 5.28. The van der Waals surface area contributed by atoms with Gasteiger partial charge in [-0.15, -0.1) is 0 Å². The summed E-state index contributed by atoms with van der Waals surface area (Å²) in [6, 6.07) is 17.1. The van der Waals surface area contributed by atoms with Gasteiger partial charge in [-0.1, -0.05) is 52.8 Å². The molecule has 0 radical (unpaired) electrons. The van der Waals surface area contributed by atoms with Gasteiger partial charge < -0.3 is 5.32 Å². The first-order chi connectivity index (χ1) is 8.78. The first kappa shape index (κ1) is 13.7. The molecule has 0 aliphatic rings. The lowest BCUT2D eigenvalue weighted by Crippen LogP contribution is -2.11. The van der Waals surface area contributed by atoms with Gasteiger partial charge in [-0.05, 0) is 42.4 Å². The predicted molar refractivity (Wildman–Crippen MR) is 82.1 cm³/mol. The topological polar surface area (TPSA) is 12.0 Å². The maximum Gasteiger partial charge on any atom is 0.0205 e. The minimum Gasteiger partial charge on any atom is -0.313 e. The molecule has 1 N–H and O–H groups in total. The molecule has 0 heterocycles. The highest BCUT2D eigenvalue weighted by atomic mass is 79.9. The maximum absolute atomic E-state index is 3.49. The molecule has 0 saturated heterocycles. The average molecular weight is 322 g/mol. The molecule has 2 rings (SSSR count). The van der Waals surface area contributed by atoms with Crippen LogP contribution >= 0.6 is 27.7 Å². The molecule has 0 spiro atoms. The Morgan fingerprint density at radius 1 is 1.06 bits per heavy atom. The van der Waals surface area contributed by atoms with E-state index in [1.54, 1.807) is 11.8 Å². The van der Waals surface area contributed by atoms with Gasteiger partial charge in [0, 0.05) is 20.8 Å². The Labute approximate surface area is 121 Å². The standard InChI is InChI=1S/C15H16BrNS/c1-2-17-11-12-6-8-14(9-7-12)18-15-5-3-4-13(16)10-15/h3-10,17H,2,11H2,1H3. The van der Waals surface area contributed by atoms with Crippen LogP contribution < -0.4 is 5.32 Å². The second-order valence-corrected chi connectivity index (χ2v) is 6.05. The number of hydrogen-bond acceptors (Lipinski definition) is 2. The van der Waals surface area contributed by atoms with E-state index >= 15 is 0 Å². The molecule has 0 aliphatic heterocycles. The van der Waals surface area contributed by atoms with Crippen molar-refractivity contribution in [3.05, 3.63) is 58.6 Å². The molecule has 2 aromatic carbocycles. The third-order valence-electron chi connectivity index (χ3n) is 2.53. The Morgan fingerprint density at radius 2 is 1.83 bits per heavy atom. The van der Waals surface area contributed by atoms with Crippen molar-refractivity contribution in [1.82, 2.24) is 5.32 Å². The van der Waals surface area contributed by atoms with Gasteiger partial charge in [-0.25, -0.2) is 0 Å². The van der Waals surface area contributed by atoms with Crippen LogP contribution in [0.3, 0.4) is 0 Å². The Kier molecular flexibility index (Phi) is 5.29. The maximum atomic E-state index is 3.49. The van der Waals surface area contributed by atoms with Crippen molar-refractivity contribution in [3.63, 3.8) is 0 Å². The number of benzene rings is 2. The summed E-state index contributed by atoms with van der Waals surface area (Å²) in [6.07, 6.45) is 0. The SMILES string of the molecule is CCNCc1ccc(Sc2cccc(Br)c2)cc1. The molecule has 1 nitrogen and oxygen atoms in total. The fraction of sp³-hybridized carbons (Fsp3) is 0.200. The van der Waals surface area contributed by atoms with Crippen molar-refractivity contribution in [1.29, 1.82) is 0 Å². The fourth-order valence-electron chi connectivity index (χ4n) is 1.61. The van der Waals surface area contributed by atoms with Gasteiger partial charge in [0.25, 0.3) is 0 Å². The predicted octanol–water partition coefficient (Wildman–Crippen LogP) is 4.71. The van der Waals surface area contributed by atoms with Crippen LogP contribution in [0.2, 0.25) is 0 Å². The van der Waals surface area contributed by atoms with Gasteiger partial charge in [0.05, 0.1) is 0 Å². The minimum atomic E-state index is 0.943. The third-order valence-corrected chi connectivity index (χ3v) is 4.03. The van der Waals surface area contributed by atoms with E-state index in [0.29, 0.717) is 0 Å². The van der Waals surface area contributed by atoms with Crippen molar-refractivity contribution < 1.29 is 0 Å². The summed E-state index contributed by atoms with van der Waals surface area (Å²) in [5, 5.41) is 3.33. The van der Waals surface area contributed by atoms with Gasteiger partial charge in [0.2, 0.25) is 0 Å². The largest absolute Gasteiger partial charge is 0.313 e. The Morgan fingerprint density at radius 3 is 2.50 bits per heavy atom. The summed E-state index contributed by atoms with van der Waals surface area (Å²) in [7, 11) is 0. The van der Waals surface area contributed by atoms with E-state index in [2.05, 4.69) is 70.6 Å². The average Bonchev–Trinajstić information content (AvgIpc) is 2.38. The smallest absolute Gasteiger partial charge is 0.0205 e. The first-order valence-electron chi connectivity index (χ1n) is 6.01. The Hall–Kier alpha value is -0.770. The summed E-state index contributed by atoms with van der Waals surface area (Å²) in [6.45, 7) is 4.07. The summed E-state index contributed by atoms with van der Waals surface area (Å²) < 4.78 is 1.12. The zero-order valence-electron chi connectivity index (χ0n) is 10.3. The molecule has 0 fully saturated rings. The lowest BCUT2D eigenvalue weighted by Gasteiger charge is -2.05. The highest BCUT2D eigenvalue weighted by Gasteiger charge is 1.98. The van der Waals surface area contributed by atoms with Crippen molar-refractivity contribution >= 4 is 27.7 Å². The third kappa shape index (κ3) is 4.16. The number of rotatable bonds is 5. The zero-order chi connectivity index (χ0) is 12.8. The van der Waals surface area contributed by atoms with Crippen LogP contribution in [0, 0.1) is 0 Å². The van der Waals surface area contributed by atoms with E-state index in [9.17, 15) is 0 Å². The van der Waals surface area contributed by atoms with E-state index in [4.69, 9.17) is 0 Å². The highest BCUT2D eigenvalue weighted by molar-refractivity contribution is 9.10. The summed E-state index contributed by atoms with van der Waals surface area (Å²) in [5.41, 5.74) is 1.33. The molecule has 18 heavy (non-hydrogen) atoms. The summed E-state index contributed by atoms with van der Waals surface area (Å²) in [4.78, 5) is 2.53. The quantitative estimate of drug-likeness (QED) is 0.855. The molecule has 2 aromatic rings. The number of hydrogen-bond donors (Lipinski definition) is 1. The first-order valence-corrected chi connectivity index (χ1v) is 7.62. The van der Waals surface area contributed by atoms with Crippen LogP contribution in [0.25, 0.3) is 0 Å². The van der Waals surface area contributed by atoms with Gasteiger partial charge in [0.15, 0.2) is 0 Å². The second-order valence-electron chi connectivity index (χ2n) is 3.98. The van der Waals surface area contributed by atoms with E-state index in [1.165, 1.54) is 15.4 Å². The van der Waals surface area contributed by atoms with Gasteiger partial charge >= 0.3 is 0 Å². The van der Waals surface area contributed by atoms with Crippen LogP contribution in [-0.2, 0) is 6.54 Å². The highest BCUT2D eigenvalue weighted by Crippen LogP contribution is 2.29. The van der Waals surface area contributed by atoms with E-state index in [1.807, 2.05) is 6.07 Å². The van der Waals surface area contributed by atoms with Crippen molar-refractivity contribution in [2.45, 2.75) is 23.3 Å². The number of nitrogens with one attached hydrogen (secondary N) is 1. The van der Waals surface area contributed by atoms with E-state index in [0.717, 1.165) is 17.6 Å². The monoisotopic (exact) mass is 321 g/mol. The molecule has 0 atom stereocenters. The molecule has 0 aromatic heterocycles. The molecule has 0 unspecified atom stereocenters. The molecular weight excluding hydrogens is 306 g/mol. The lowest BCUT2D eigenvalue weighted by molar-refractivity contribution is 0.726. The minimum absolute atomic E-state index is 0.943. The Bertz CT molecular complexity index is 496.